The molecule has 0 aliphatic carbocycles. The van der Waals surface area contributed by atoms with Gasteiger partial charge in [0.25, 0.3) is 5.91 Å². The van der Waals surface area contributed by atoms with E-state index in [-0.39, 0.29) is 18.4 Å². The van der Waals surface area contributed by atoms with Crippen LogP contribution in [0.1, 0.15) is 29.0 Å². The van der Waals surface area contributed by atoms with E-state index in [2.05, 4.69) is 15.5 Å². The summed E-state index contributed by atoms with van der Waals surface area (Å²) >= 11 is 0. The summed E-state index contributed by atoms with van der Waals surface area (Å²) in [5, 5.41) is 6.57. The van der Waals surface area contributed by atoms with Crippen molar-refractivity contribution in [3.05, 3.63) is 65.8 Å². The van der Waals surface area contributed by atoms with Crippen LogP contribution < -0.4 is 15.0 Å². The fraction of sp³-hybridized carbons (Fsp3) is 0.200. The minimum absolute atomic E-state index is 0.0615. The molecule has 0 unspecified atom stereocenters. The average Bonchev–Trinajstić information content (AvgIpc) is 3.12. The van der Waals surface area contributed by atoms with E-state index in [4.69, 9.17) is 9.26 Å². The van der Waals surface area contributed by atoms with Crippen LogP contribution in [0.3, 0.4) is 0 Å². The van der Waals surface area contributed by atoms with Gasteiger partial charge in [-0.05, 0) is 48.5 Å². The number of nitrogens with zero attached hydrogens (tertiary/aromatic N) is 3. The molecule has 2 amide bonds. The molecule has 1 aromatic heterocycles. The summed E-state index contributed by atoms with van der Waals surface area (Å²) in [6.07, 6.45) is 0. The summed E-state index contributed by atoms with van der Waals surface area (Å²) < 4.78 is 10.4. The zero-order valence-electron chi connectivity index (χ0n) is 15.8. The number of nitrogens with one attached hydrogen (secondary N) is 1. The second kappa shape index (κ2) is 8.34. The number of aromatic nitrogens is 2. The van der Waals surface area contributed by atoms with Crippen molar-refractivity contribution < 1.29 is 18.8 Å². The van der Waals surface area contributed by atoms with Crippen LogP contribution >= 0.6 is 0 Å². The molecule has 8 heteroatoms. The molecule has 3 rings (SSSR count). The van der Waals surface area contributed by atoms with Crippen LogP contribution in [0.5, 0.6) is 5.75 Å². The van der Waals surface area contributed by atoms with Gasteiger partial charge in [0.05, 0.1) is 0 Å². The van der Waals surface area contributed by atoms with Crippen LogP contribution in [0.15, 0.2) is 53.1 Å². The molecule has 0 saturated heterocycles. The Labute approximate surface area is 162 Å². The van der Waals surface area contributed by atoms with Gasteiger partial charge >= 0.3 is 0 Å². The first-order valence-electron chi connectivity index (χ1n) is 8.60. The zero-order valence-corrected chi connectivity index (χ0v) is 15.8. The van der Waals surface area contributed by atoms with Crippen molar-refractivity contribution in [3.63, 3.8) is 0 Å². The number of carbonyl (C=O) groups excluding carboxylic acids is 2. The third kappa shape index (κ3) is 4.73. The van der Waals surface area contributed by atoms with Crippen LogP contribution in [-0.2, 0) is 11.4 Å². The number of benzene rings is 2. The first-order chi connectivity index (χ1) is 13.4. The second-order valence-electron chi connectivity index (χ2n) is 6.12. The molecule has 0 spiro atoms. The molecule has 28 heavy (non-hydrogen) atoms. The minimum atomic E-state index is -0.243. The van der Waals surface area contributed by atoms with Crippen LogP contribution in [0.4, 0.5) is 11.4 Å². The van der Waals surface area contributed by atoms with Crippen LogP contribution in [0.2, 0.25) is 0 Å². The molecule has 8 nitrogen and oxygen atoms in total. The SMILES string of the molecule is CC(=O)N(C)c1ccc(NC(=O)c2ccc(OCc3noc(C)n3)cc2)cc1. The summed E-state index contributed by atoms with van der Waals surface area (Å²) in [5.74, 6) is 1.22. The maximum atomic E-state index is 12.4. The molecule has 0 saturated carbocycles. The Morgan fingerprint density at radius 3 is 2.36 bits per heavy atom. The first kappa shape index (κ1) is 19.1. The molecule has 0 bridgehead atoms. The highest BCUT2D eigenvalue weighted by Crippen LogP contribution is 2.19. The van der Waals surface area contributed by atoms with Gasteiger partial charge in [-0.1, -0.05) is 5.16 Å². The molecule has 1 heterocycles. The molecular formula is C20H20N4O4. The van der Waals surface area contributed by atoms with Crippen LogP contribution in [0, 0.1) is 6.92 Å². The molecule has 0 radical (unpaired) electrons. The van der Waals surface area contributed by atoms with E-state index in [0.29, 0.717) is 28.7 Å². The van der Waals surface area contributed by atoms with Crippen molar-refractivity contribution in [1.29, 1.82) is 0 Å². The highest BCUT2D eigenvalue weighted by atomic mass is 16.5. The fourth-order valence-corrected chi connectivity index (χ4v) is 2.40. The number of rotatable bonds is 6. The highest BCUT2D eigenvalue weighted by Gasteiger charge is 2.09. The third-order valence-corrected chi connectivity index (χ3v) is 4.04. The van der Waals surface area contributed by atoms with E-state index in [1.54, 1.807) is 62.5 Å². The second-order valence-corrected chi connectivity index (χ2v) is 6.12. The Kier molecular flexibility index (Phi) is 5.69. The number of hydrogen-bond donors (Lipinski definition) is 1. The lowest BCUT2D eigenvalue weighted by molar-refractivity contribution is -0.116. The lowest BCUT2D eigenvalue weighted by atomic mass is 10.2. The van der Waals surface area contributed by atoms with Crippen molar-refractivity contribution in [2.75, 3.05) is 17.3 Å². The third-order valence-electron chi connectivity index (χ3n) is 4.04. The molecule has 3 aromatic rings. The molecule has 144 valence electrons. The van der Waals surface area contributed by atoms with Gasteiger partial charge in [-0.15, -0.1) is 0 Å². The van der Waals surface area contributed by atoms with Gasteiger partial charge in [-0.2, -0.15) is 4.98 Å². The number of ether oxygens (including phenoxy) is 1. The topological polar surface area (TPSA) is 97.6 Å². The summed E-state index contributed by atoms with van der Waals surface area (Å²) in [4.78, 5) is 29.4. The number of carbonyl (C=O) groups is 2. The molecule has 0 aliphatic rings. The van der Waals surface area contributed by atoms with Gasteiger partial charge in [0, 0.05) is 37.8 Å². The van der Waals surface area contributed by atoms with E-state index in [1.165, 1.54) is 11.8 Å². The van der Waals surface area contributed by atoms with Crippen molar-refractivity contribution >= 4 is 23.2 Å². The molecule has 0 atom stereocenters. The maximum Gasteiger partial charge on any atom is 0.255 e. The highest BCUT2D eigenvalue weighted by molar-refractivity contribution is 6.04. The van der Waals surface area contributed by atoms with Gasteiger partial charge in [0.15, 0.2) is 6.61 Å². The molecule has 0 aliphatic heterocycles. The van der Waals surface area contributed by atoms with Crippen molar-refractivity contribution in [1.82, 2.24) is 10.1 Å². The summed E-state index contributed by atoms with van der Waals surface area (Å²) in [6, 6.07) is 13.8. The Bertz CT molecular complexity index is 965. The Balaban J connectivity index is 1.57. The van der Waals surface area contributed by atoms with Crippen LogP contribution in [-0.4, -0.2) is 29.0 Å². The number of amides is 2. The number of hydrogen-bond acceptors (Lipinski definition) is 6. The molecule has 1 N–H and O–H groups in total. The minimum Gasteiger partial charge on any atom is -0.485 e. The van der Waals surface area contributed by atoms with E-state index in [9.17, 15) is 9.59 Å². The maximum absolute atomic E-state index is 12.4. The quantitative estimate of drug-likeness (QED) is 0.705. The summed E-state index contributed by atoms with van der Waals surface area (Å²) in [7, 11) is 1.69. The van der Waals surface area contributed by atoms with Crippen molar-refractivity contribution in [3.8, 4) is 5.75 Å². The van der Waals surface area contributed by atoms with E-state index in [0.717, 1.165) is 5.69 Å². The monoisotopic (exact) mass is 380 g/mol. The van der Waals surface area contributed by atoms with Gasteiger partial charge in [0.1, 0.15) is 5.75 Å². The zero-order chi connectivity index (χ0) is 20.1. The predicted octanol–water partition coefficient (Wildman–Crippen LogP) is 3.19. The van der Waals surface area contributed by atoms with E-state index < -0.39 is 0 Å². The number of aryl methyl sites for hydroxylation is 1. The average molecular weight is 380 g/mol. The van der Waals surface area contributed by atoms with Gasteiger partial charge < -0.3 is 19.5 Å². The van der Waals surface area contributed by atoms with Gasteiger partial charge in [-0.3, -0.25) is 9.59 Å². The summed E-state index contributed by atoms with van der Waals surface area (Å²) in [6.45, 7) is 3.38. The predicted molar refractivity (Wildman–Crippen MR) is 103 cm³/mol. The Morgan fingerprint density at radius 2 is 1.79 bits per heavy atom. The molecule has 2 aromatic carbocycles. The Hall–Kier alpha value is -3.68. The summed E-state index contributed by atoms with van der Waals surface area (Å²) in [5.41, 5.74) is 1.88. The van der Waals surface area contributed by atoms with Crippen molar-refractivity contribution in [2.24, 2.45) is 0 Å². The van der Waals surface area contributed by atoms with Crippen molar-refractivity contribution in [2.45, 2.75) is 20.5 Å². The molecular weight excluding hydrogens is 360 g/mol. The largest absolute Gasteiger partial charge is 0.485 e. The van der Waals surface area contributed by atoms with Crippen LogP contribution in [0.25, 0.3) is 0 Å². The normalized spacial score (nSPS) is 10.4. The Morgan fingerprint density at radius 1 is 1.11 bits per heavy atom. The lowest BCUT2D eigenvalue weighted by Gasteiger charge is -2.15. The van der Waals surface area contributed by atoms with Gasteiger partial charge in [-0.25, -0.2) is 0 Å². The molecule has 0 fully saturated rings. The number of anilines is 2. The van der Waals surface area contributed by atoms with E-state index >= 15 is 0 Å². The lowest BCUT2D eigenvalue weighted by Crippen LogP contribution is -2.22. The first-order valence-corrected chi connectivity index (χ1v) is 8.60. The fourth-order valence-electron chi connectivity index (χ4n) is 2.40. The standard InChI is InChI=1S/C20H20N4O4/c1-13-21-19(23-28-13)12-27-18-10-4-15(5-11-18)20(26)22-16-6-8-17(9-7-16)24(3)14(2)25/h4-11H,12H2,1-3H3,(H,22,26). The van der Waals surface area contributed by atoms with E-state index in [1.807, 2.05) is 0 Å². The smallest absolute Gasteiger partial charge is 0.255 e. The van der Waals surface area contributed by atoms with Gasteiger partial charge in [0.2, 0.25) is 17.6 Å².